The van der Waals surface area contributed by atoms with E-state index >= 15 is 0 Å². The van der Waals surface area contributed by atoms with Crippen LogP contribution in [0.3, 0.4) is 0 Å². The molecule has 3 rings (SSSR count). The molecule has 0 heterocycles. The Morgan fingerprint density at radius 1 is 1.06 bits per heavy atom. The van der Waals surface area contributed by atoms with Crippen molar-refractivity contribution in [3.05, 3.63) is 93.9 Å². The van der Waals surface area contributed by atoms with E-state index < -0.39 is 16.0 Å². The van der Waals surface area contributed by atoms with E-state index in [0.29, 0.717) is 39.8 Å². The number of halogens is 2. The zero-order valence-corrected chi connectivity index (χ0v) is 22.3. The Labute approximate surface area is 222 Å². The number of nitrogens with one attached hydrogen (secondary N) is 1. The summed E-state index contributed by atoms with van der Waals surface area (Å²) in [7, 11) is -4.13. The Hall–Kier alpha value is -3.34. The molecule has 0 bridgehead atoms. The summed E-state index contributed by atoms with van der Waals surface area (Å²) in [4.78, 5) is 12.6. The molecular formula is C25H22BrClN2O6S. The Morgan fingerprint density at radius 2 is 1.78 bits per heavy atom. The van der Waals surface area contributed by atoms with Crippen molar-refractivity contribution >= 4 is 49.8 Å². The molecule has 8 nitrogen and oxygen atoms in total. The van der Waals surface area contributed by atoms with Crippen LogP contribution in [0.15, 0.2) is 87.8 Å². The van der Waals surface area contributed by atoms with Crippen LogP contribution in [-0.2, 0) is 10.1 Å². The highest BCUT2D eigenvalue weighted by molar-refractivity contribution is 9.10. The van der Waals surface area contributed by atoms with Gasteiger partial charge in [0.15, 0.2) is 17.2 Å². The van der Waals surface area contributed by atoms with Crippen LogP contribution in [0, 0.1) is 0 Å². The number of hydrogen-bond donors (Lipinski definition) is 1. The van der Waals surface area contributed by atoms with Crippen LogP contribution < -0.4 is 19.1 Å². The summed E-state index contributed by atoms with van der Waals surface area (Å²) in [6, 6.07) is 15.0. The third-order valence-corrected chi connectivity index (χ3v) is 6.50. The maximum Gasteiger partial charge on any atom is 0.339 e. The molecule has 0 radical (unpaired) electrons. The number of hydrazone groups is 1. The van der Waals surface area contributed by atoms with E-state index in [2.05, 4.69) is 33.0 Å². The number of rotatable bonds is 11. The molecule has 0 aliphatic carbocycles. The topological polar surface area (TPSA) is 103 Å². The highest BCUT2D eigenvalue weighted by Crippen LogP contribution is 2.29. The van der Waals surface area contributed by atoms with Gasteiger partial charge in [0.25, 0.3) is 5.91 Å². The summed E-state index contributed by atoms with van der Waals surface area (Å²) in [5.41, 5.74) is 3.01. The van der Waals surface area contributed by atoms with Gasteiger partial charge in [-0.2, -0.15) is 13.5 Å². The van der Waals surface area contributed by atoms with Gasteiger partial charge in [-0.1, -0.05) is 40.2 Å². The van der Waals surface area contributed by atoms with Gasteiger partial charge in [-0.25, -0.2) is 5.43 Å². The van der Waals surface area contributed by atoms with E-state index in [9.17, 15) is 13.2 Å². The largest absolute Gasteiger partial charge is 0.490 e. The van der Waals surface area contributed by atoms with Crippen LogP contribution in [0.1, 0.15) is 22.8 Å². The summed E-state index contributed by atoms with van der Waals surface area (Å²) < 4.78 is 42.4. The van der Waals surface area contributed by atoms with E-state index in [1.807, 2.05) is 6.92 Å². The van der Waals surface area contributed by atoms with Crippen LogP contribution in [0.4, 0.5) is 0 Å². The van der Waals surface area contributed by atoms with Crippen LogP contribution >= 0.6 is 27.5 Å². The van der Waals surface area contributed by atoms with Gasteiger partial charge in [0.1, 0.15) is 11.5 Å². The maximum absolute atomic E-state index is 12.7. The predicted molar refractivity (Wildman–Crippen MR) is 142 cm³/mol. The monoisotopic (exact) mass is 592 g/mol. The highest BCUT2D eigenvalue weighted by atomic mass is 79.9. The van der Waals surface area contributed by atoms with Crippen molar-refractivity contribution in [1.82, 2.24) is 5.43 Å². The zero-order valence-electron chi connectivity index (χ0n) is 19.1. The first-order valence-corrected chi connectivity index (χ1v) is 13.1. The Bertz CT molecular complexity index is 1380. The van der Waals surface area contributed by atoms with Crippen molar-refractivity contribution in [1.29, 1.82) is 0 Å². The molecule has 0 atom stereocenters. The van der Waals surface area contributed by atoms with Crippen molar-refractivity contribution in [2.75, 3.05) is 13.2 Å². The lowest BCUT2D eigenvalue weighted by Gasteiger charge is -2.12. The Kier molecular flexibility index (Phi) is 9.51. The minimum absolute atomic E-state index is 0.0218. The average Bonchev–Trinajstić information content (AvgIpc) is 2.85. The molecule has 0 fully saturated rings. The van der Waals surface area contributed by atoms with Crippen LogP contribution in [0.25, 0.3) is 0 Å². The lowest BCUT2D eigenvalue weighted by atomic mass is 10.2. The maximum atomic E-state index is 12.7. The molecule has 0 saturated carbocycles. The molecular weight excluding hydrogens is 572 g/mol. The summed E-state index contributed by atoms with van der Waals surface area (Å²) in [5, 5.41) is 4.36. The SMILES string of the molecule is C=CCOc1ccc(C(=O)N/N=C/c2cc(Br)ccc2OS(=O)(=O)c2ccc(Cl)cc2)cc1OCC. The molecule has 1 amide bonds. The van der Waals surface area contributed by atoms with Gasteiger partial charge in [-0.15, -0.1) is 0 Å². The third kappa shape index (κ3) is 7.33. The summed E-state index contributed by atoms with van der Waals surface area (Å²) in [6.45, 7) is 6.11. The molecule has 1 N–H and O–H groups in total. The number of ether oxygens (including phenoxy) is 2. The normalized spacial score (nSPS) is 11.2. The van der Waals surface area contributed by atoms with Crippen LogP contribution in [0.2, 0.25) is 5.02 Å². The molecule has 0 spiro atoms. The van der Waals surface area contributed by atoms with Gasteiger partial charge in [0, 0.05) is 20.6 Å². The number of nitrogens with zero attached hydrogens (tertiary/aromatic N) is 1. The lowest BCUT2D eigenvalue weighted by Crippen LogP contribution is -2.18. The third-order valence-electron chi connectivity index (χ3n) is 4.51. The van der Waals surface area contributed by atoms with Gasteiger partial charge in [0.2, 0.25) is 0 Å². The molecule has 0 aliphatic rings. The van der Waals surface area contributed by atoms with E-state index in [0.717, 1.165) is 0 Å². The van der Waals surface area contributed by atoms with Crippen LogP contribution in [-0.4, -0.2) is 33.8 Å². The Balaban J connectivity index is 1.77. The summed E-state index contributed by atoms with van der Waals surface area (Å²) >= 11 is 9.17. The fraction of sp³-hybridized carbons (Fsp3) is 0.120. The van der Waals surface area contributed by atoms with Gasteiger partial charge in [-0.05, 0) is 67.6 Å². The minimum atomic E-state index is -4.13. The molecule has 0 saturated heterocycles. The minimum Gasteiger partial charge on any atom is -0.490 e. The molecule has 3 aromatic carbocycles. The van der Waals surface area contributed by atoms with E-state index in [4.69, 9.17) is 25.3 Å². The predicted octanol–water partition coefficient (Wildman–Crippen LogP) is 5.60. The van der Waals surface area contributed by atoms with E-state index in [-0.39, 0.29) is 16.2 Å². The Morgan fingerprint density at radius 3 is 2.47 bits per heavy atom. The fourth-order valence-electron chi connectivity index (χ4n) is 2.87. The second-order valence-electron chi connectivity index (χ2n) is 7.07. The highest BCUT2D eigenvalue weighted by Gasteiger charge is 2.18. The first-order valence-electron chi connectivity index (χ1n) is 10.6. The number of carbonyl (C=O) groups is 1. The van der Waals surface area contributed by atoms with E-state index in [1.54, 1.807) is 36.4 Å². The number of benzene rings is 3. The van der Waals surface area contributed by atoms with Crippen LogP contribution in [0.5, 0.6) is 17.2 Å². The second-order valence-corrected chi connectivity index (χ2v) is 9.97. The van der Waals surface area contributed by atoms with Gasteiger partial charge in [0.05, 0.1) is 12.8 Å². The smallest absolute Gasteiger partial charge is 0.339 e. The average molecular weight is 594 g/mol. The van der Waals surface area contributed by atoms with Gasteiger partial charge >= 0.3 is 10.1 Å². The van der Waals surface area contributed by atoms with Crippen molar-refractivity contribution < 1.29 is 26.9 Å². The molecule has 0 aromatic heterocycles. The molecule has 36 heavy (non-hydrogen) atoms. The molecule has 3 aromatic rings. The van der Waals surface area contributed by atoms with Crippen molar-refractivity contribution in [3.63, 3.8) is 0 Å². The number of amides is 1. The first-order chi connectivity index (χ1) is 17.2. The van der Waals surface area contributed by atoms with Crippen molar-refractivity contribution in [2.45, 2.75) is 11.8 Å². The molecule has 0 unspecified atom stereocenters. The van der Waals surface area contributed by atoms with Crippen molar-refractivity contribution in [3.8, 4) is 17.2 Å². The summed E-state index contributed by atoms with van der Waals surface area (Å²) in [6.07, 6.45) is 2.88. The second kappa shape index (κ2) is 12.6. The van der Waals surface area contributed by atoms with Crippen molar-refractivity contribution in [2.24, 2.45) is 5.10 Å². The van der Waals surface area contributed by atoms with E-state index in [1.165, 1.54) is 36.5 Å². The number of carbonyl (C=O) groups excluding carboxylic acids is 1. The molecule has 0 aliphatic heterocycles. The zero-order chi connectivity index (χ0) is 26.1. The quantitative estimate of drug-likeness (QED) is 0.134. The standard InChI is InChI=1S/C25H22BrClN2O6S/c1-3-13-34-23-11-5-17(15-24(23)33-4-2)25(30)29-28-16-18-14-19(26)6-12-22(18)35-36(31,32)21-9-7-20(27)8-10-21/h3,5-12,14-16H,1,4,13H2,2H3,(H,29,30)/b28-16+. The lowest BCUT2D eigenvalue weighted by molar-refractivity contribution is 0.0954. The first kappa shape index (κ1) is 27.3. The summed E-state index contributed by atoms with van der Waals surface area (Å²) in [5.74, 6) is 0.405. The fourth-order valence-corrected chi connectivity index (χ4v) is 4.33. The molecule has 188 valence electrons. The van der Waals surface area contributed by atoms with Gasteiger partial charge < -0.3 is 13.7 Å². The molecule has 11 heteroatoms. The number of hydrogen-bond acceptors (Lipinski definition) is 7. The van der Waals surface area contributed by atoms with Gasteiger partial charge in [-0.3, -0.25) is 4.79 Å².